The van der Waals surface area contributed by atoms with Gasteiger partial charge in [0.2, 0.25) is 5.91 Å². The number of carbonyl (C=O) groups is 1. The lowest BCUT2D eigenvalue weighted by atomic mass is 10.0. The molecule has 1 amide bonds. The van der Waals surface area contributed by atoms with Gasteiger partial charge in [0.05, 0.1) is 11.2 Å². The molecule has 0 atom stereocenters. The lowest BCUT2D eigenvalue weighted by Gasteiger charge is -2.32. The topological polar surface area (TPSA) is 104 Å². The monoisotopic (exact) mass is 401 g/mol. The molecule has 2 N–H and O–H groups in total. The second-order valence-electron chi connectivity index (χ2n) is 7.29. The number of aromatic nitrogens is 4. The summed E-state index contributed by atoms with van der Waals surface area (Å²) in [5.74, 6) is 0.105. The number of H-pyrrole nitrogens is 2. The minimum atomic E-state index is -0.369. The van der Waals surface area contributed by atoms with Crippen molar-refractivity contribution < 1.29 is 4.79 Å². The van der Waals surface area contributed by atoms with E-state index in [0.29, 0.717) is 49.0 Å². The quantitative estimate of drug-likeness (QED) is 0.697. The van der Waals surface area contributed by atoms with Crippen LogP contribution in [0, 0.1) is 13.8 Å². The molecule has 0 bridgehead atoms. The largest absolute Gasteiger partial charge is 0.343 e. The molecule has 1 saturated heterocycles. The Balaban J connectivity index is 1.41. The van der Waals surface area contributed by atoms with E-state index < -0.39 is 0 Å². The summed E-state index contributed by atoms with van der Waals surface area (Å²) in [4.78, 5) is 42.3. The first-order valence-electron chi connectivity index (χ1n) is 9.46. The van der Waals surface area contributed by atoms with Crippen molar-refractivity contribution in [1.29, 1.82) is 0 Å². The Morgan fingerprint density at radius 3 is 2.71 bits per heavy atom. The van der Waals surface area contributed by atoms with Crippen molar-refractivity contribution in [2.45, 2.75) is 45.6 Å². The van der Waals surface area contributed by atoms with E-state index in [1.54, 1.807) is 11.4 Å². The summed E-state index contributed by atoms with van der Waals surface area (Å²) < 4.78 is 1.91. The van der Waals surface area contributed by atoms with E-state index in [1.165, 1.54) is 15.9 Å². The summed E-state index contributed by atoms with van der Waals surface area (Å²) in [5, 5.41) is 8.92. The number of amides is 1. The van der Waals surface area contributed by atoms with Gasteiger partial charge < -0.3 is 9.88 Å². The standard InChI is InChI=1S/C19H23N5O3S/c1-11-14(12(2)22-21-11)3-4-16(25)23-8-5-13(6-9-23)24-18(26)17-15(7-10-28-17)20-19(24)27/h7,10,13H,3-6,8-9H2,1-2H3,(H,20,27)(H,21,22). The van der Waals surface area contributed by atoms with Crippen molar-refractivity contribution in [2.75, 3.05) is 13.1 Å². The molecule has 0 aliphatic carbocycles. The van der Waals surface area contributed by atoms with E-state index in [2.05, 4.69) is 15.2 Å². The number of carbonyl (C=O) groups excluding carboxylic acids is 1. The summed E-state index contributed by atoms with van der Waals surface area (Å²) in [6.45, 7) is 5.02. The van der Waals surface area contributed by atoms with E-state index in [1.807, 2.05) is 18.7 Å². The molecule has 0 saturated carbocycles. The van der Waals surface area contributed by atoms with E-state index in [9.17, 15) is 14.4 Å². The van der Waals surface area contributed by atoms with Gasteiger partial charge in [-0.3, -0.25) is 19.3 Å². The van der Waals surface area contributed by atoms with Crippen LogP contribution in [0.5, 0.6) is 0 Å². The SMILES string of the molecule is Cc1n[nH]c(C)c1CCC(=O)N1CCC(n2c(=O)[nH]c3ccsc3c2=O)CC1. The Morgan fingerprint density at radius 2 is 2.04 bits per heavy atom. The number of aromatic amines is 2. The first-order chi connectivity index (χ1) is 13.5. The second kappa shape index (κ2) is 7.38. The van der Waals surface area contributed by atoms with Gasteiger partial charge >= 0.3 is 5.69 Å². The van der Waals surface area contributed by atoms with Gasteiger partial charge in [0.25, 0.3) is 5.56 Å². The van der Waals surface area contributed by atoms with E-state index in [0.717, 1.165) is 17.0 Å². The van der Waals surface area contributed by atoms with Crippen LogP contribution < -0.4 is 11.2 Å². The number of hydrogen-bond acceptors (Lipinski definition) is 5. The number of nitrogens with zero attached hydrogens (tertiary/aromatic N) is 3. The average Bonchev–Trinajstić information content (AvgIpc) is 3.27. The van der Waals surface area contributed by atoms with Crippen LogP contribution in [-0.2, 0) is 11.2 Å². The number of rotatable bonds is 4. The average molecular weight is 401 g/mol. The fourth-order valence-corrected chi connectivity index (χ4v) is 4.77. The maximum Gasteiger partial charge on any atom is 0.329 e. The van der Waals surface area contributed by atoms with Crippen LogP contribution in [0.3, 0.4) is 0 Å². The van der Waals surface area contributed by atoms with Crippen molar-refractivity contribution >= 4 is 27.5 Å². The third kappa shape index (κ3) is 3.30. The lowest BCUT2D eigenvalue weighted by molar-refractivity contribution is -0.132. The van der Waals surface area contributed by atoms with Crippen molar-refractivity contribution in [1.82, 2.24) is 24.6 Å². The lowest BCUT2D eigenvalue weighted by Crippen LogP contribution is -2.44. The Morgan fingerprint density at radius 1 is 1.29 bits per heavy atom. The summed E-state index contributed by atoms with van der Waals surface area (Å²) in [6.07, 6.45) is 2.32. The molecule has 1 aliphatic rings. The molecular weight excluding hydrogens is 378 g/mol. The van der Waals surface area contributed by atoms with Crippen molar-refractivity contribution in [2.24, 2.45) is 0 Å². The number of piperidine rings is 1. The maximum atomic E-state index is 12.7. The fraction of sp³-hybridized carbons (Fsp3) is 0.474. The minimum absolute atomic E-state index is 0.105. The zero-order chi connectivity index (χ0) is 19.8. The van der Waals surface area contributed by atoms with Gasteiger partial charge in [0.15, 0.2) is 0 Å². The van der Waals surface area contributed by atoms with E-state index in [4.69, 9.17) is 0 Å². The molecule has 3 aromatic heterocycles. The third-order valence-corrected chi connectivity index (χ3v) is 6.49. The zero-order valence-electron chi connectivity index (χ0n) is 15.9. The molecule has 28 heavy (non-hydrogen) atoms. The molecule has 4 heterocycles. The van der Waals surface area contributed by atoms with Crippen molar-refractivity contribution in [3.63, 3.8) is 0 Å². The van der Waals surface area contributed by atoms with E-state index >= 15 is 0 Å². The molecule has 1 fully saturated rings. The van der Waals surface area contributed by atoms with Gasteiger partial charge in [-0.15, -0.1) is 11.3 Å². The molecule has 1 aliphatic heterocycles. The van der Waals surface area contributed by atoms with Gasteiger partial charge in [-0.2, -0.15) is 5.10 Å². The summed E-state index contributed by atoms with van der Waals surface area (Å²) in [5.41, 5.74) is 3.04. The first-order valence-corrected chi connectivity index (χ1v) is 10.3. The highest BCUT2D eigenvalue weighted by Gasteiger charge is 2.26. The van der Waals surface area contributed by atoms with Gasteiger partial charge in [-0.25, -0.2) is 4.79 Å². The Hall–Kier alpha value is -2.68. The molecule has 0 unspecified atom stereocenters. The van der Waals surface area contributed by atoms with E-state index in [-0.39, 0.29) is 23.2 Å². The molecule has 0 spiro atoms. The first kappa shape index (κ1) is 18.7. The third-order valence-electron chi connectivity index (χ3n) is 5.59. The number of thiophene rings is 1. The Kier molecular flexibility index (Phi) is 4.92. The number of likely N-dealkylation sites (tertiary alicyclic amines) is 1. The summed E-state index contributed by atoms with van der Waals surface area (Å²) in [7, 11) is 0. The number of fused-ring (bicyclic) bond motifs is 1. The highest BCUT2D eigenvalue weighted by molar-refractivity contribution is 7.17. The van der Waals surface area contributed by atoms with Crippen molar-refractivity contribution in [3.8, 4) is 0 Å². The molecule has 3 aromatic rings. The van der Waals surface area contributed by atoms with Crippen LogP contribution in [0.2, 0.25) is 0 Å². The zero-order valence-corrected chi connectivity index (χ0v) is 16.8. The second-order valence-corrected chi connectivity index (χ2v) is 8.21. The normalized spacial score (nSPS) is 15.4. The van der Waals surface area contributed by atoms with Gasteiger partial charge in [0, 0.05) is 31.2 Å². The molecule has 4 rings (SSSR count). The maximum absolute atomic E-state index is 12.7. The van der Waals surface area contributed by atoms with Gasteiger partial charge in [0.1, 0.15) is 4.70 Å². The van der Waals surface area contributed by atoms with Crippen LogP contribution in [-0.4, -0.2) is 43.6 Å². The van der Waals surface area contributed by atoms with Crippen LogP contribution >= 0.6 is 11.3 Å². The van der Waals surface area contributed by atoms with Crippen LogP contribution in [0.15, 0.2) is 21.0 Å². The highest BCUT2D eigenvalue weighted by Crippen LogP contribution is 2.22. The molecule has 0 aromatic carbocycles. The highest BCUT2D eigenvalue weighted by atomic mass is 32.1. The van der Waals surface area contributed by atoms with Crippen LogP contribution in [0.25, 0.3) is 10.2 Å². The molecule has 9 heteroatoms. The smallest absolute Gasteiger partial charge is 0.329 e. The van der Waals surface area contributed by atoms with Gasteiger partial charge in [-0.1, -0.05) is 0 Å². The van der Waals surface area contributed by atoms with Crippen LogP contribution in [0.1, 0.15) is 42.3 Å². The van der Waals surface area contributed by atoms with Gasteiger partial charge in [-0.05, 0) is 50.1 Å². The molecule has 0 radical (unpaired) electrons. The predicted octanol–water partition coefficient (Wildman–Crippen LogP) is 1.89. The number of aryl methyl sites for hydroxylation is 2. The summed E-state index contributed by atoms with van der Waals surface area (Å²) >= 11 is 1.34. The number of hydrogen-bond donors (Lipinski definition) is 2. The molecule has 148 valence electrons. The Labute approximate surface area is 165 Å². The predicted molar refractivity (Wildman–Crippen MR) is 108 cm³/mol. The summed E-state index contributed by atoms with van der Waals surface area (Å²) in [6, 6.07) is 1.57. The minimum Gasteiger partial charge on any atom is -0.343 e. The number of nitrogens with one attached hydrogen (secondary N) is 2. The Bertz CT molecular complexity index is 1110. The fourth-order valence-electron chi connectivity index (χ4n) is 3.99. The van der Waals surface area contributed by atoms with Crippen LogP contribution in [0.4, 0.5) is 0 Å². The van der Waals surface area contributed by atoms with Crippen molar-refractivity contribution in [3.05, 3.63) is 49.2 Å². The molecule has 8 nitrogen and oxygen atoms in total. The molecular formula is C19H23N5O3S.